The number of thioether (sulfide) groups is 1. The van der Waals surface area contributed by atoms with Crippen molar-refractivity contribution in [1.29, 1.82) is 0 Å². The molecule has 0 saturated carbocycles. The monoisotopic (exact) mass is 516 g/mol. The Kier molecular flexibility index (Phi) is 7.73. The minimum absolute atomic E-state index is 0.0674. The highest BCUT2D eigenvalue weighted by molar-refractivity contribution is 8.14. The number of likely N-dealkylation sites (tertiary alicyclic amines) is 1. The fourth-order valence-corrected chi connectivity index (χ4v) is 5.45. The molecule has 1 aromatic carbocycles. The number of carbonyl (C=O) groups is 1. The average Bonchev–Trinajstić information content (AvgIpc) is 3.58. The van der Waals surface area contributed by atoms with Crippen LogP contribution in [-0.4, -0.2) is 61.5 Å². The number of aromatic nitrogens is 3. The van der Waals surface area contributed by atoms with Crippen LogP contribution >= 0.6 is 11.8 Å². The van der Waals surface area contributed by atoms with Crippen molar-refractivity contribution in [3.05, 3.63) is 83.5 Å². The van der Waals surface area contributed by atoms with Crippen LogP contribution in [0.25, 0.3) is 5.70 Å². The Hall–Kier alpha value is -3.40. The normalized spacial score (nSPS) is 21.5. The number of aliphatic imine (C=N–C) groups is 1. The summed E-state index contributed by atoms with van der Waals surface area (Å²) < 4.78 is 2.20. The van der Waals surface area contributed by atoms with Crippen molar-refractivity contribution in [1.82, 2.24) is 19.7 Å². The van der Waals surface area contributed by atoms with Gasteiger partial charge in [-0.05, 0) is 74.4 Å². The van der Waals surface area contributed by atoms with Crippen molar-refractivity contribution in [3.63, 3.8) is 0 Å². The summed E-state index contributed by atoms with van der Waals surface area (Å²) in [6.07, 6.45) is 7.40. The quantitative estimate of drug-likeness (QED) is 0.455. The third kappa shape index (κ3) is 6.49. The van der Waals surface area contributed by atoms with Crippen molar-refractivity contribution >= 4 is 34.1 Å². The molecule has 37 heavy (non-hydrogen) atoms. The number of H-pyrrole nitrogens is 1. The molecule has 4 heterocycles. The van der Waals surface area contributed by atoms with E-state index in [0.29, 0.717) is 13.1 Å². The van der Waals surface area contributed by atoms with Gasteiger partial charge in [-0.2, -0.15) is 5.10 Å². The maximum Gasteiger partial charge on any atom is 0.238 e. The Morgan fingerprint density at radius 3 is 2.84 bits per heavy atom. The molecular weight excluding hydrogens is 484 g/mol. The van der Waals surface area contributed by atoms with Gasteiger partial charge in [0.15, 0.2) is 0 Å². The molecule has 1 unspecified atom stereocenters. The van der Waals surface area contributed by atoms with E-state index in [2.05, 4.69) is 63.6 Å². The molecule has 3 aromatic rings. The number of aliphatic hydroxyl groups excluding tert-OH is 1. The first-order valence-electron chi connectivity index (χ1n) is 12.5. The molecular formula is C28H32N6O2S. The zero-order valence-corrected chi connectivity index (χ0v) is 22.0. The van der Waals surface area contributed by atoms with Gasteiger partial charge in [0, 0.05) is 48.5 Å². The predicted octanol–water partition coefficient (Wildman–Crippen LogP) is 4.26. The van der Waals surface area contributed by atoms with E-state index in [-0.39, 0.29) is 12.0 Å². The second-order valence-corrected chi connectivity index (χ2v) is 10.7. The SMILES string of the molecule is C/C(Cc1cc(C)[nH]n1)=C1/N=C(Sc2ccc(NC(=O)CN3CCC(O)C3)cc2)/C=C/Cn2cccc21. The van der Waals surface area contributed by atoms with Gasteiger partial charge in [0.25, 0.3) is 0 Å². The molecule has 5 rings (SSSR count). The van der Waals surface area contributed by atoms with Crippen molar-refractivity contribution in [2.24, 2.45) is 4.99 Å². The number of hydrogen-bond donors (Lipinski definition) is 3. The van der Waals surface area contributed by atoms with Crippen molar-refractivity contribution in [3.8, 4) is 0 Å². The van der Waals surface area contributed by atoms with Gasteiger partial charge in [0.05, 0.1) is 29.7 Å². The summed E-state index contributed by atoms with van der Waals surface area (Å²) in [4.78, 5) is 20.5. The molecule has 2 aliphatic heterocycles. The largest absolute Gasteiger partial charge is 0.392 e. The minimum atomic E-state index is -0.327. The number of fused-ring (bicyclic) bond motifs is 1. The van der Waals surface area contributed by atoms with E-state index in [1.807, 2.05) is 36.1 Å². The Bertz CT molecular complexity index is 1350. The number of anilines is 1. The van der Waals surface area contributed by atoms with Gasteiger partial charge in [-0.1, -0.05) is 17.8 Å². The lowest BCUT2D eigenvalue weighted by Crippen LogP contribution is -2.32. The molecule has 0 spiro atoms. The van der Waals surface area contributed by atoms with E-state index in [4.69, 9.17) is 4.99 Å². The average molecular weight is 517 g/mol. The number of benzene rings is 1. The zero-order chi connectivity index (χ0) is 25.8. The summed E-state index contributed by atoms with van der Waals surface area (Å²) in [6, 6.07) is 14.1. The molecule has 0 radical (unpaired) electrons. The highest BCUT2D eigenvalue weighted by Crippen LogP contribution is 2.30. The van der Waals surface area contributed by atoms with E-state index in [0.717, 1.165) is 69.9 Å². The van der Waals surface area contributed by atoms with Gasteiger partial charge in [-0.3, -0.25) is 14.8 Å². The van der Waals surface area contributed by atoms with Gasteiger partial charge in [-0.15, -0.1) is 0 Å². The summed E-state index contributed by atoms with van der Waals surface area (Å²) in [5.41, 5.74) is 6.02. The Labute approximate surface area is 221 Å². The van der Waals surface area contributed by atoms with Gasteiger partial charge in [0.2, 0.25) is 5.91 Å². The molecule has 2 aliphatic rings. The highest BCUT2D eigenvalue weighted by atomic mass is 32.2. The molecule has 0 aliphatic carbocycles. The van der Waals surface area contributed by atoms with Crippen molar-refractivity contribution < 1.29 is 9.90 Å². The maximum absolute atomic E-state index is 12.4. The number of allylic oxidation sites excluding steroid dienone is 2. The number of nitrogens with zero attached hydrogens (tertiary/aromatic N) is 4. The number of carbonyl (C=O) groups excluding carboxylic acids is 1. The maximum atomic E-state index is 12.4. The molecule has 3 N–H and O–H groups in total. The van der Waals surface area contributed by atoms with Gasteiger partial charge in [-0.25, -0.2) is 4.99 Å². The standard InChI is InChI=1S/C28H32N6O2S/c1-19(15-22-16-20(2)31-32-22)28-25-5-3-12-34(25)13-4-6-27(30-28)37-24-9-7-21(8-10-24)29-26(36)18-33-14-11-23(35)17-33/h3-10,12,16,23,35H,11,13-15,17-18H2,1-2H3,(H,29,36)(H,31,32)/b6-4+,28-19-,30-27-. The van der Waals surface area contributed by atoms with Crippen LogP contribution in [0.15, 0.2) is 76.3 Å². The van der Waals surface area contributed by atoms with E-state index in [9.17, 15) is 9.90 Å². The van der Waals surface area contributed by atoms with Crippen molar-refractivity contribution in [2.45, 2.75) is 44.2 Å². The predicted molar refractivity (Wildman–Crippen MR) is 149 cm³/mol. The smallest absolute Gasteiger partial charge is 0.238 e. The summed E-state index contributed by atoms with van der Waals surface area (Å²) in [5, 5.41) is 20.9. The lowest BCUT2D eigenvalue weighted by atomic mass is 10.1. The van der Waals surface area contributed by atoms with Crippen LogP contribution < -0.4 is 5.32 Å². The molecule has 0 bridgehead atoms. The summed E-state index contributed by atoms with van der Waals surface area (Å²) in [5.74, 6) is -0.0674. The lowest BCUT2D eigenvalue weighted by Gasteiger charge is -2.15. The number of nitrogens with one attached hydrogen (secondary N) is 2. The van der Waals surface area contributed by atoms with E-state index < -0.39 is 0 Å². The number of β-amino-alcohol motifs (C(OH)–C–C–N with tert-alkyl or cyclic N) is 1. The second-order valence-electron chi connectivity index (χ2n) is 9.60. The molecule has 2 aromatic heterocycles. The number of amides is 1. The van der Waals surface area contributed by atoms with Crippen LogP contribution in [-0.2, 0) is 17.8 Å². The summed E-state index contributed by atoms with van der Waals surface area (Å²) >= 11 is 1.60. The van der Waals surface area contributed by atoms with Crippen LogP contribution in [0, 0.1) is 6.92 Å². The molecule has 1 saturated heterocycles. The summed E-state index contributed by atoms with van der Waals surface area (Å²) in [6.45, 7) is 6.51. The lowest BCUT2D eigenvalue weighted by molar-refractivity contribution is -0.117. The summed E-state index contributed by atoms with van der Waals surface area (Å²) in [7, 11) is 0. The van der Waals surface area contributed by atoms with Crippen molar-refractivity contribution in [2.75, 3.05) is 25.0 Å². The first kappa shape index (κ1) is 25.3. The first-order valence-corrected chi connectivity index (χ1v) is 13.3. The molecule has 1 fully saturated rings. The Balaban J connectivity index is 1.31. The van der Waals surface area contributed by atoms with E-state index >= 15 is 0 Å². The molecule has 9 heteroatoms. The number of aromatic amines is 1. The molecule has 1 amide bonds. The Morgan fingerprint density at radius 2 is 2.11 bits per heavy atom. The van der Waals surface area contributed by atoms with Crippen LogP contribution in [0.3, 0.4) is 0 Å². The molecule has 192 valence electrons. The Morgan fingerprint density at radius 1 is 1.27 bits per heavy atom. The molecule has 1 atom stereocenters. The van der Waals surface area contributed by atoms with Gasteiger partial charge >= 0.3 is 0 Å². The third-order valence-corrected chi connectivity index (χ3v) is 7.39. The zero-order valence-electron chi connectivity index (χ0n) is 21.1. The first-order chi connectivity index (χ1) is 17.9. The fourth-order valence-electron chi connectivity index (χ4n) is 4.64. The highest BCUT2D eigenvalue weighted by Gasteiger charge is 2.22. The number of aliphatic hydroxyl groups is 1. The number of aryl methyl sites for hydroxylation is 1. The van der Waals surface area contributed by atoms with Gasteiger partial charge in [0.1, 0.15) is 5.04 Å². The van der Waals surface area contributed by atoms with Crippen LogP contribution in [0.1, 0.15) is 30.4 Å². The topological polar surface area (TPSA) is 98.5 Å². The second kappa shape index (κ2) is 11.3. The minimum Gasteiger partial charge on any atom is -0.392 e. The third-order valence-electron chi connectivity index (χ3n) is 6.44. The van der Waals surface area contributed by atoms with Gasteiger partial charge < -0.3 is 15.0 Å². The number of rotatable bonds is 6. The fraction of sp³-hybridized carbons (Fsp3) is 0.321. The van der Waals surface area contributed by atoms with Crippen LogP contribution in [0.2, 0.25) is 0 Å². The molecule has 8 nitrogen and oxygen atoms in total. The number of hydrogen-bond acceptors (Lipinski definition) is 6. The van der Waals surface area contributed by atoms with Crippen LogP contribution in [0.4, 0.5) is 5.69 Å². The van der Waals surface area contributed by atoms with E-state index in [1.165, 1.54) is 0 Å². The van der Waals surface area contributed by atoms with Crippen LogP contribution in [0.5, 0.6) is 0 Å². The van der Waals surface area contributed by atoms with E-state index in [1.54, 1.807) is 11.8 Å².